The quantitative estimate of drug-likeness (QED) is 0.778. The van der Waals surface area contributed by atoms with E-state index in [9.17, 15) is 4.79 Å². The summed E-state index contributed by atoms with van der Waals surface area (Å²) in [5, 5.41) is 2.84. The zero-order valence-corrected chi connectivity index (χ0v) is 9.84. The molecular formula is C11H14N2O2S. The number of aryl methyl sites for hydroxylation is 1. The minimum atomic E-state index is -0.183. The highest BCUT2D eigenvalue weighted by molar-refractivity contribution is 7.80. The summed E-state index contributed by atoms with van der Waals surface area (Å²) in [6, 6.07) is 1.51. The van der Waals surface area contributed by atoms with Gasteiger partial charge in [-0.1, -0.05) is 12.2 Å². The Morgan fingerprint density at radius 3 is 2.81 bits per heavy atom. The first-order chi connectivity index (χ1) is 7.58. The van der Waals surface area contributed by atoms with Gasteiger partial charge in [0.1, 0.15) is 12.0 Å². The SMILES string of the molecule is Cc1cc(C(=O)NC(C(N)=S)C2CC2)co1. The van der Waals surface area contributed by atoms with Crippen molar-refractivity contribution in [2.75, 3.05) is 0 Å². The number of nitrogens with two attached hydrogens (primary N) is 1. The van der Waals surface area contributed by atoms with Crippen molar-refractivity contribution in [1.29, 1.82) is 0 Å². The number of carbonyl (C=O) groups is 1. The van der Waals surface area contributed by atoms with Crippen molar-refractivity contribution in [3.8, 4) is 0 Å². The van der Waals surface area contributed by atoms with Crippen LogP contribution in [0.25, 0.3) is 0 Å². The molecule has 0 aliphatic heterocycles. The molecule has 1 heterocycles. The molecule has 1 aliphatic rings. The Hall–Kier alpha value is -1.36. The molecule has 2 rings (SSSR count). The van der Waals surface area contributed by atoms with Crippen molar-refractivity contribution < 1.29 is 9.21 Å². The largest absolute Gasteiger partial charge is 0.469 e. The molecule has 16 heavy (non-hydrogen) atoms. The molecule has 4 nitrogen and oxygen atoms in total. The predicted molar refractivity (Wildman–Crippen MR) is 64.2 cm³/mol. The normalized spacial score (nSPS) is 16.8. The van der Waals surface area contributed by atoms with E-state index in [1.165, 1.54) is 6.26 Å². The number of thiocarbonyl (C=S) groups is 1. The molecule has 1 aromatic rings. The molecule has 0 spiro atoms. The summed E-state index contributed by atoms with van der Waals surface area (Å²) in [5.74, 6) is 0.944. The molecule has 86 valence electrons. The Labute approximate surface area is 99.2 Å². The molecule has 3 N–H and O–H groups in total. The predicted octanol–water partition coefficient (Wildman–Crippen LogP) is 1.38. The monoisotopic (exact) mass is 238 g/mol. The first-order valence-corrected chi connectivity index (χ1v) is 5.64. The third-order valence-corrected chi connectivity index (χ3v) is 2.93. The Morgan fingerprint density at radius 1 is 1.69 bits per heavy atom. The molecule has 0 aromatic carbocycles. The van der Waals surface area contributed by atoms with Crippen molar-refractivity contribution >= 4 is 23.1 Å². The van der Waals surface area contributed by atoms with E-state index in [0.717, 1.165) is 12.8 Å². The summed E-state index contributed by atoms with van der Waals surface area (Å²) in [7, 11) is 0. The van der Waals surface area contributed by atoms with E-state index >= 15 is 0 Å². The van der Waals surface area contributed by atoms with Gasteiger partial charge in [-0.2, -0.15) is 0 Å². The van der Waals surface area contributed by atoms with Gasteiger partial charge >= 0.3 is 0 Å². The maximum absolute atomic E-state index is 11.8. The van der Waals surface area contributed by atoms with Crippen LogP contribution in [0.4, 0.5) is 0 Å². The third kappa shape index (κ3) is 2.41. The number of nitrogens with one attached hydrogen (secondary N) is 1. The van der Waals surface area contributed by atoms with Gasteiger partial charge in [-0.15, -0.1) is 0 Å². The van der Waals surface area contributed by atoms with Crippen LogP contribution < -0.4 is 11.1 Å². The van der Waals surface area contributed by atoms with Crippen LogP contribution >= 0.6 is 12.2 Å². The summed E-state index contributed by atoms with van der Waals surface area (Å²) in [4.78, 5) is 12.2. The van der Waals surface area contributed by atoms with E-state index in [-0.39, 0.29) is 11.9 Å². The van der Waals surface area contributed by atoms with Crippen LogP contribution in [-0.4, -0.2) is 16.9 Å². The maximum atomic E-state index is 11.8. The van der Waals surface area contributed by atoms with E-state index in [4.69, 9.17) is 22.4 Å². The summed E-state index contributed by atoms with van der Waals surface area (Å²) in [6.45, 7) is 1.79. The van der Waals surface area contributed by atoms with E-state index < -0.39 is 0 Å². The Balaban J connectivity index is 2.02. The molecule has 1 amide bonds. The van der Waals surface area contributed by atoms with Gasteiger partial charge in [0.15, 0.2) is 0 Å². The van der Waals surface area contributed by atoms with Crippen LogP contribution in [0.15, 0.2) is 16.7 Å². The van der Waals surface area contributed by atoms with Crippen molar-refractivity contribution in [3.63, 3.8) is 0 Å². The van der Waals surface area contributed by atoms with Gasteiger partial charge < -0.3 is 15.5 Å². The average molecular weight is 238 g/mol. The lowest BCUT2D eigenvalue weighted by atomic mass is 10.1. The molecule has 0 radical (unpaired) electrons. The number of rotatable bonds is 4. The van der Waals surface area contributed by atoms with Gasteiger partial charge in [0, 0.05) is 0 Å². The zero-order chi connectivity index (χ0) is 11.7. The van der Waals surface area contributed by atoms with Gasteiger partial charge in [-0.25, -0.2) is 0 Å². The maximum Gasteiger partial charge on any atom is 0.255 e. The summed E-state index contributed by atoms with van der Waals surface area (Å²) < 4.78 is 5.08. The van der Waals surface area contributed by atoms with Gasteiger partial charge in [0.2, 0.25) is 0 Å². The summed E-state index contributed by atoms with van der Waals surface area (Å²) >= 11 is 4.95. The van der Waals surface area contributed by atoms with Crippen molar-refractivity contribution in [2.45, 2.75) is 25.8 Å². The second-order valence-electron chi connectivity index (χ2n) is 4.14. The Kier molecular flexibility index (Phi) is 2.96. The fourth-order valence-corrected chi connectivity index (χ4v) is 1.89. The van der Waals surface area contributed by atoms with E-state index in [0.29, 0.717) is 22.2 Å². The van der Waals surface area contributed by atoms with Crippen LogP contribution in [0, 0.1) is 12.8 Å². The molecule has 1 atom stereocenters. The van der Waals surface area contributed by atoms with Crippen LogP contribution in [0.3, 0.4) is 0 Å². The lowest BCUT2D eigenvalue weighted by Crippen LogP contribution is -2.44. The van der Waals surface area contributed by atoms with E-state index in [2.05, 4.69) is 5.32 Å². The highest BCUT2D eigenvalue weighted by atomic mass is 32.1. The number of furan rings is 1. The first kappa shape index (κ1) is 11.1. The van der Waals surface area contributed by atoms with Gasteiger partial charge in [0.25, 0.3) is 5.91 Å². The molecule has 1 aliphatic carbocycles. The molecule has 5 heteroatoms. The topological polar surface area (TPSA) is 68.3 Å². The Morgan fingerprint density at radius 2 is 2.38 bits per heavy atom. The van der Waals surface area contributed by atoms with Gasteiger partial charge in [0.05, 0.1) is 16.6 Å². The van der Waals surface area contributed by atoms with Gasteiger partial charge in [-0.3, -0.25) is 4.79 Å². The minimum absolute atomic E-state index is 0.179. The number of hydrogen-bond donors (Lipinski definition) is 2. The molecule has 1 unspecified atom stereocenters. The van der Waals surface area contributed by atoms with Crippen LogP contribution in [-0.2, 0) is 0 Å². The number of carbonyl (C=O) groups excluding carboxylic acids is 1. The second kappa shape index (κ2) is 4.25. The fraction of sp³-hybridized carbons (Fsp3) is 0.455. The number of hydrogen-bond acceptors (Lipinski definition) is 3. The lowest BCUT2D eigenvalue weighted by Gasteiger charge is -2.15. The fourth-order valence-electron chi connectivity index (χ4n) is 1.64. The molecule has 1 fully saturated rings. The van der Waals surface area contributed by atoms with Gasteiger partial charge in [-0.05, 0) is 31.7 Å². The average Bonchev–Trinajstić information content (AvgIpc) is 2.96. The standard InChI is InChI=1S/C11H14N2O2S/c1-6-4-8(5-15-6)11(14)13-9(10(12)16)7-2-3-7/h4-5,7,9H,2-3H2,1H3,(H2,12,16)(H,13,14). The molecular weight excluding hydrogens is 224 g/mol. The van der Waals surface area contributed by atoms with Crippen molar-refractivity contribution in [3.05, 3.63) is 23.7 Å². The van der Waals surface area contributed by atoms with Crippen LogP contribution in [0.2, 0.25) is 0 Å². The van der Waals surface area contributed by atoms with Crippen LogP contribution in [0.5, 0.6) is 0 Å². The minimum Gasteiger partial charge on any atom is -0.469 e. The molecule has 0 bridgehead atoms. The first-order valence-electron chi connectivity index (χ1n) is 5.23. The highest BCUT2D eigenvalue weighted by Gasteiger charge is 2.34. The number of amides is 1. The summed E-state index contributed by atoms with van der Waals surface area (Å²) in [5.41, 5.74) is 6.12. The zero-order valence-electron chi connectivity index (χ0n) is 9.03. The molecule has 1 saturated carbocycles. The van der Waals surface area contributed by atoms with E-state index in [1.54, 1.807) is 13.0 Å². The smallest absolute Gasteiger partial charge is 0.255 e. The Bertz CT molecular complexity index is 423. The third-order valence-electron chi connectivity index (χ3n) is 2.68. The molecule has 0 saturated heterocycles. The second-order valence-corrected chi connectivity index (χ2v) is 4.61. The van der Waals surface area contributed by atoms with E-state index in [1.807, 2.05) is 0 Å². The summed E-state index contributed by atoms with van der Waals surface area (Å²) in [6.07, 6.45) is 3.59. The van der Waals surface area contributed by atoms with Crippen LogP contribution in [0.1, 0.15) is 29.0 Å². The van der Waals surface area contributed by atoms with Crippen molar-refractivity contribution in [2.24, 2.45) is 11.7 Å². The molecule has 1 aromatic heterocycles. The highest BCUT2D eigenvalue weighted by Crippen LogP contribution is 2.32. The van der Waals surface area contributed by atoms with Crippen molar-refractivity contribution in [1.82, 2.24) is 5.32 Å². The lowest BCUT2D eigenvalue weighted by molar-refractivity contribution is 0.0943.